The van der Waals surface area contributed by atoms with Crippen molar-refractivity contribution < 1.29 is 14.1 Å². The first-order valence-electron chi connectivity index (χ1n) is 10.6. The highest BCUT2D eigenvalue weighted by Crippen LogP contribution is 2.26. The predicted molar refractivity (Wildman–Crippen MR) is 98.1 cm³/mol. The van der Waals surface area contributed by atoms with Gasteiger partial charge in [0, 0.05) is 32.1 Å². The first kappa shape index (κ1) is 19.2. The molecule has 0 spiro atoms. The third kappa shape index (κ3) is 5.17. The van der Waals surface area contributed by atoms with Crippen molar-refractivity contribution in [3.05, 3.63) is 0 Å². The van der Waals surface area contributed by atoms with Crippen molar-refractivity contribution >= 4 is 0 Å². The molecule has 2 saturated heterocycles. The van der Waals surface area contributed by atoms with Crippen LogP contribution in [0.25, 0.3) is 0 Å². The van der Waals surface area contributed by atoms with Crippen molar-refractivity contribution in [3.8, 4) is 0 Å². The zero-order valence-electron chi connectivity index (χ0n) is 15.9. The van der Waals surface area contributed by atoms with Gasteiger partial charge in [-0.2, -0.15) is 0 Å². The number of unbranched alkanes of at least 4 members (excludes halogenated alkanes) is 2. The Morgan fingerprint density at radius 3 is 1.96 bits per heavy atom. The minimum absolute atomic E-state index is 0.0944. The van der Waals surface area contributed by atoms with Crippen LogP contribution in [0.2, 0.25) is 0 Å². The van der Waals surface area contributed by atoms with E-state index in [9.17, 15) is 5.11 Å². The quantitative estimate of drug-likeness (QED) is 0.451. The van der Waals surface area contributed by atoms with Gasteiger partial charge in [0.05, 0.1) is 45.8 Å². The molecule has 0 aromatic rings. The van der Waals surface area contributed by atoms with E-state index in [1.54, 1.807) is 0 Å². The topological polar surface area (TPSA) is 20.2 Å². The summed E-state index contributed by atoms with van der Waals surface area (Å²) in [4.78, 5) is 0. The molecule has 2 heterocycles. The van der Waals surface area contributed by atoms with Crippen molar-refractivity contribution in [2.24, 2.45) is 0 Å². The molecule has 1 unspecified atom stereocenters. The molecule has 0 amide bonds. The molecule has 0 radical (unpaired) electrons. The highest BCUT2D eigenvalue weighted by Gasteiger charge is 2.37. The summed E-state index contributed by atoms with van der Waals surface area (Å²) < 4.78 is 2.40. The number of quaternary nitrogens is 2. The smallest absolute Gasteiger partial charge is 0.190 e. The van der Waals surface area contributed by atoms with E-state index < -0.39 is 0 Å². The lowest BCUT2D eigenvalue weighted by atomic mass is 10.1. The Bertz CT molecular complexity index is 320. The Morgan fingerprint density at radius 2 is 1.35 bits per heavy atom. The first-order valence-corrected chi connectivity index (χ1v) is 10.6. The number of aliphatic hydroxyl groups is 1. The van der Waals surface area contributed by atoms with Crippen LogP contribution in [0.1, 0.15) is 78.1 Å². The molecule has 2 aliphatic heterocycles. The van der Waals surface area contributed by atoms with Gasteiger partial charge < -0.3 is 9.59 Å². The molecule has 2 aliphatic rings. The third-order valence-corrected chi connectivity index (χ3v) is 6.57. The van der Waals surface area contributed by atoms with E-state index in [0.717, 1.165) is 10.9 Å². The molecule has 2 rings (SSSR count). The lowest BCUT2D eigenvalue weighted by Gasteiger charge is -2.38. The minimum Gasteiger partial charge on any atom is -0.345 e. The van der Waals surface area contributed by atoms with Crippen molar-refractivity contribution in [1.29, 1.82) is 0 Å². The normalized spacial score (nSPS) is 24.1. The summed E-state index contributed by atoms with van der Waals surface area (Å²) in [6.07, 6.45) is 12.9. The number of nitrogens with zero attached hydrogens (tertiary/aromatic N) is 2. The van der Waals surface area contributed by atoms with E-state index in [0.29, 0.717) is 0 Å². The molecule has 3 nitrogen and oxygen atoms in total. The van der Waals surface area contributed by atoms with Gasteiger partial charge in [-0.1, -0.05) is 13.8 Å². The summed E-state index contributed by atoms with van der Waals surface area (Å²) in [5.74, 6) is 0. The van der Waals surface area contributed by atoms with Crippen LogP contribution in [0.15, 0.2) is 0 Å². The van der Waals surface area contributed by atoms with E-state index in [4.69, 9.17) is 0 Å². The maximum absolute atomic E-state index is 10.7. The molecule has 1 atom stereocenters. The zero-order chi connectivity index (χ0) is 16.6. The molecular formula is C20H42N2O+2. The van der Waals surface area contributed by atoms with Gasteiger partial charge in [0.15, 0.2) is 6.23 Å². The summed E-state index contributed by atoms with van der Waals surface area (Å²) in [6.45, 7) is 13.8. The molecule has 0 aromatic heterocycles. The average Bonchev–Trinajstić information content (AvgIpc) is 3.18. The van der Waals surface area contributed by atoms with E-state index >= 15 is 0 Å². The fourth-order valence-electron chi connectivity index (χ4n) is 5.35. The van der Waals surface area contributed by atoms with Gasteiger partial charge in [-0.05, 0) is 32.1 Å². The van der Waals surface area contributed by atoms with Crippen molar-refractivity contribution in [3.63, 3.8) is 0 Å². The van der Waals surface area contributed by atoms with Crippen LogP contribution in [-0.4, -0.2) is 66.1 Å². The molecule has 3 heteroatoms. The lowest BCUT2D eigenvalue weighted by Crippen LogP contribution is -2.53. The minimum atomic E-state index is -0.0944. The van der Waals surface area contributed by atoms with E-state index in [-0.39, 0.29) is 6.23 Å². The second kappa shape index (κ2) is 9.39. The van der Waals surface area contributed by atoms with Gasteiger partial charge in [0.25, 0.3) is 0 Å². The van der Waals surface area contributed by atoms with Crippen LogP contribution in [-0.2, 0) is 0 Å². The van der Waals surface area contributed by atoms with Crippen LogP contribution in [0.5, 0.6) is 0 Å². The Balaban J connectivity index is 1.66. The number of hydrogen-bond donors (Lipinski definition) is 1. The second-order valence-corrected chi connectivity index (χ2v) is 8.37. The van der Waals surface area contributed by atoms with Crippen molar-refractivity contribution in [2.45, 2.75) is 84.3 Å². The number of likely N-dealkylation sites (tertiary alicyclic amines) is 2. The SMILES string of the molecule is CCC[N+]1(CCCCCC(O)[N+]2(CCC)CCCC2)CCCC1. The Kier molecular flexibility index (Phi) is 7.84. The van der Waals surface area contributed by atoms with E-state index in [1.807, 2.05) is 0 Å². The van der Waals surface area contributed by atoms with Crippen LogP contribution in [0, 0.1) is 0 Å². The van der Waals surface area contributed by atoms with Gasteiger partial charge in [0.2, 0.25) is 0 Å². The lowest BCUT2D eigenvalue weighted by molar-refractivity contribution is -0.961. The fraction of sp³-hybridized carbons (Fsp3) is 1.00. The van der Waals surface area contributed by atoms with Crippen LogP contribution in [0.4, 0.5) is 0 Å². The summed E-state index contributed by atoms with van der Waals surface area (Å²) >= 11 is 0. The first-order chi connectivity index (χ1) is 11.2. The molecule has 136 valence electrons. The molecule has 23 heavy (non-hydrogen) atoms. The van der Waals surface area contributed by atoms with Crippen molar-refractivity contribution in [1.82, 2.24) is 0 Å². The maximum Gasteiger partial charge on any atom is 0.190 e. The number of aliphatic hydroxyl groups excluding tert-OH is 1. The van der Waals surface area contributed by atoms with E-state index in [2.05, 4.69) is 13.8 Å². The van der Waals surface area contributed by atoms with Crippen molar-refractivity contribution in [2.75, 3.05) is 45.8 Å². The predicted octanol–water partition coefficient (Wildman–Crippen LogP) is 3.91. The third-order valence-electron chi connectivity index (χ3n) is 6.57. The largest absolute Gasteiger partial charge is 0.345 e. The van der Waals surface area contributed by atoms with Gasteiger partial charge in [-0.3, -0.25) is 4.48 Å². The molecule has 0 aliphatic carbocycles. The zero-order valence-corrected chi connectivity index (χ0v) is 15.9. The van der Waals surface area contributed by atoms with Gasteiger partial charge >= 0.3 is 0 Å². The fourth-order valence-corrected chi connectivity index (χ4v) is 5.35. The van der Waals surface area contributed by atoms with E-state index in [1.165, 1.54) is 108 Å². The number of hydrogen-bond acceptors (Lipinski definition) is 1. The molecule has 0 bridgehead atoms. The number of rotatable bonds is 11. The van der Waals surface area contributed by atoms with Gasteiger partial charge in [-0.25, -0.2) is 0 Å². The molecular weight excluding hydrogens is 284 g/mol. The Hall–Kier alpha value is -0.120. The molecule has 2 fully saturated rings. The van der Waals surface area contributed by atoms with Gasteiger partial charge in [-0.15, -0.1) is 0 Å². The summed E-state index contributed by atoms with van der Waals surface area (Å²) in [6, 6.07) is 0. The summed E-state index contributed by atoms with van der Waals surface area (Å²) in [5.41, 5.74) is 0. The van der Waals surface area contributed by atoms with Crippen LogP contribution >= 0.6 is 0 Å². The highest BCUT2D eigenvalue weighted by atomic mass is 16.3. The average molecular weight is 327 g/mol. The summed E-state index contributed by atoms with van der Waals surface area (Å²) in [5, 5.41) is 10.7. The Morgan fingerprint density at radius 1 is 0.739 bits per heavy atom. The van der Waals surface area contributed by atoms with Crippen LogP contribution in [0.3, 0.4) is 0 Å². The van der Waals surface area contributed by atoms with Crippen LogP contribution < -0.4 is 0 Å². The maximum atomic E-state index is 10.7. The second-order valence-electron chi connectivity index (χ2n) is 8.37. The Labute approximate surface area is 144 Å². The van der Waals surface area contributed by atoms with Gasteiger partial charge in [0.1, 0.15) is 0 Å². The molecule has 0 saturated carbocycles. The molecule has 0 aromatic carbocycles. The highest BCUT2D eigenvalue weighted by molar-refractivity contribution is 4.60. The summed E-state index contributed by atoms with van der Waals surface area (Å²) in [7, 11) is 0. The standard InChI is InChI=1S/C20H42N2O/c1-3-13-21(16-8-9-17-21)15-7-5-6-12-20(23)22(14-4-2)18-10-11-19-22/h20,23H,3-19H2,1-2H3/q+2. The molecule has 1 N–H and O–H groups in total. The monoisotopic (exact) mass is 326 g/mol.